The fourth-order valence-corrected chi connectivity index (χ4v) is 2.68. The predicted octanol–water partition coefficient (Wildman–Crippen LogP) is 3.17. The monoisotopic (exact) mass is 257 g/mol. The normalized spacial score (nSPS) is 23.0. The Morgan fingerprint density at radius 1 is 1.31 bits per heavy atom. The van der Waals surface area contributed by atoms with E-state index < -0.39 is 0 Å². The molecule has 1 aliphatic rings. The van der Waals surface area contributed by atoms with Crippen LogP contribution in [-0.2, 0) is 0 Å². The van der Waals surface area contributed by atoms with Gasteiger partial charge < -0.3 is 0 Å². The molecule has 1 unspecified atom stereocenters. The molecule has 1 fully saturated rings. The van der Waals surface area contributed by atoms with Gasteiger partial charge in [0, 0.05) is 16.8 Å². The summed E-state index contributed by atoms with van der Waals surface area (Å²) in [6.45, 7) is 1.10. The smallest absolute Gasteiger partial charge is 0.0175 e. The molecular weight excluding hydrogens is 246 g/mol. The van der Waals surface area contributed by atoms with Gasteiger partial charge >= 0.3 is 0 Å². The van der Waals surface area contributed by atoms with Crippen LogP contribution in [0.5, 0.6) is 0 Å². The quantitative estimate of drug-likeness (QED) is 0.776. The van der Waals surface area contributed by atoms with Crippen LogP contribution >= 0.6 is 27.9 Å². The van der Waals surface area contributed by atoms with E-state index in [1.54, 1.807) is 0 Å². The maximum atomic E-state index is 3.45. The van der Waals surface area contributed by atoms with Crippen molar-refractivity contribution in [2.24, 2.45) is 0 Å². The molecule has 0 amide bonds. The van der Waals surface area contributed by atoms with Gasteiger partial charge in [0.25, 0.3) is 0 Å². The molecule has 1 aliphatic heterocycles. The van der Waals surface area contributed by atoms with Crippen molar-refractivity contribution < 1.29 is 0 Å². The van der Waals surface area contributed by atoms with Gasteiger partial charge in [-0.2, -0.15) is 0 Å². The molecule has 0 aliphatic carbocycles. The number of hydrogen-bond donors (Lipinski definition) is 1. The molecule has 1 saturated heterocycles. The van der Waals surface area contributed by atoms with Crippen molar-refractivity contribution in [1.82, 2.24) is 4.72 Å². The standard InChI is InChI=1S/C10H12BrNS/c11-10-3-1-8(2-4-10)9-5-6-13-12-7-9/h1-4,9,12H,5-7H2. The minimum absolute atomic E-state index is 0.703. The van der Waals surface area contributed by atoms with E-state index in [0.29, 0.717) is 5.92 Å². The Kier molecular flexibility index (Phi) is 3.30. The highest BCUT2D eigenvalue weighted by Crippen LogP contribution is 2.25. The fraction of sp³-hybridized carbons (Fsp3) is 0.400. The van der Waals surface area contributed by atoms with Crippen LogP contribution in [0.4, 0.5) is 0 Å². The van der Waals surface area contributed by atoms with Gasteiger partial charge in [-0.25, -0.2) is 0 Å². The molecule has 13 heavy (non-hydrogen) atoms. The number of hydrogen-bond acceptors (Lipinski definition) is 2. The highest BCUT2D eigenvalue weighted by atomic mass is 79.9. The lowest BCUT2D eigenvalue weighted by molar-refractivity contribution is 0.638. The largest absolute Gasteiger partial charge is 0.264 e. The lowest BCUT2D eigenvalue weighted by atomic mass is 9.97. The number of halogens is 1. The van der Waals surface area contributed by atoms with Gasteiger partial charge in [-0.15, -0.1) is 0 Å². The fourth-order valence-electron chi connectivity index (χ4n) is 1.55. The molecule has 1 nitrogen and oxygen atoms in total. The first-order valence-corrected chi connectivity index (χ1v) is 6.24. The lowest BCUT2D eigenvalue weighted by Gasteiger charge is -2.22. The predicted molar refractivity (Wildman–Crippen MR) is 62.0 cm³/mol. The third-order valence-corrected chi connectivity index (χ3v) is 3.68. The Hall–Kier alpha value is 0.01000. The molecule has 0 aromatic heterocycles. The van der Waals surface area contributed by atoms with Crippen LogP contribution in [0.1, 0.15) is 17.9 Å². The van der Waals surface area contributed by atoms with Crippen molar-refractivity contribution in [1.29, 1.82) is 0 Å². The third-order valence-electron chi connectivity index (χ3n) is 2.34. The molecule has 1 aromatic rings. The number of nitrogens with one attached hydrogen (secondary N) is 1. The lowest BCUT2D eigenvalue weighted by Crippen LogP contribution is -2.21. The van der Waals surface area contributed by atoms with E-state index in [9.17, 15) is 0 Å². The summed E-state index contributed by atoms with van der Waals surface area (Å²) in [5.41, 5.74) is 1.45. The van der Waals surface area contributed by atoms with Gasteiger partial charge in [-0.05, 0) is 30.0 Å². The zero-order chi connectivity index (χ0) is 9.10. The molecule has 0 saturated carbocycles. The molecule has 0 radical (unpaired) electrons. The molecule has 1 N–H and O–H groups in total. The second-order valence-electron chi connectivity index (χ2n) is 3.23. The third kappa shape index (κ3) is 2.48. The molecule has 1 heterocycles. The number of rotatable bonds is 1. The average Bonchev–Trinajstić information content (AvgIpc) is 2.20. The van der Waals surface area contributed by atoms with Crippen molar-refractivity contribution in [2.75, 3.05) is 12.3 Å². The van der Waals surface area contributed by atoms with Gasteiger partial charge in [0.15, 0.2) is 0 Å². The van der Waals surface area contributed by atoms with Gasteiger partial charge in [0.2, 0.25) is 0 Å². The molecule has 0 spiro atoms. The molecule has 70 valence electrons. The van der Waals surface area contributed by atoms with Gasteiger partial charge in [0.05, 0.1) is 0 Å². The first-order valence-electron chi connectivity index (χ1n) is 4.46. The minimum atomic E-state index is 0.703. The van der Waals surface area contributed by atoms with E-state index in [1.807, 2.05) is 11.9 Å². The van der Waals surface area contributed by atoms with E-state index >= 15 is 0 Å². The van der Waals surface area contributed by atoms with Crippen LogP contribution in [0.3, 0.4) is 0 Å². The molecule has 1 atom stereocenters. The number of benzene rings is 1. The molecular formula is C10H12BrNS. The molecule has 3 heteroatoms. The first-order chi connectivity index (χ1) is 6.36. The Labute approximate surface area is 91.6 Å². The van der Waals surface area contributed by atoms with Crippen LogP contribution < -0.4 is 4.72 Å². The molecule has 0 bridgehead atoms. The van der Waals surface area contributed by atoms with Crippen LogP contribution in [-0.4, -0.2) is 12.3 Å². The Bertz CT molecular complexity index is 267. The topological polar surface area (TPSA) is 12.0 Å². The van der Waals surface area contributed by atoms with Gasteiger partial charge in [-0.3, -0.25) is 4.72 Å². The second-order valence-corrected chi connectivity index (χ2v) is 5.14. The van der Waals surface area contributed by atoms with Crippen molar-refractivity contribution in [3.8, 4) is 0 Å². The van der Waals surface area contributed by atoms with E-state index in [4.69, 9.17) is 0 Å². The highest BCUT2D eigenvalue weighted by molar-refractivity contribution is 9.10. The molecule has 1 aromatic carbocycles. The summed E-state index contributed by atoms with van der Waals surface area (Å²) in [6.07, 6.45) is 1.29. The summed E-state index contributed by atoms with van der Waals surface area (Å²) in [6, 6.07) is 8.67. The highest BCUT2D eigenvalue weighted by Gasteiger charge is 2.14. The van der Waals surface area contributed by atoms with E-state index in [1.165, 1.54) is 17.7 Å². The maximum absolute atomic E-state index is 3.45. The summed E-state index contributed by atoms with van der Waals surface area (Å²) in [4.78, 5) is 0. The first kappa shape index (κ1) is 9.56. The van der Waals surface area contributed by atoms with Crippen molar-refractivity contribution in [3.05, 3.63) is 34.3 Å². The van der Waals surface area contributed by atoms with E-state index in [-0.39, 0.29) is 0 Å². The zero-order valence-corrected chi connectivity index (χ0v) is 9.70. The van der Waals surface area contributed by atoms with Crippen molar-refractivity contribution >= 4 is 27.9 Å². The Morgan fingerprint density at radius 2 is 2.08 bits per heavy atom. The SMILES string of the molecule is Brc1ccc(C2CCSNC2)cc1. The minimum Gasteiger partial charge on any atom is -0.264 e. The Balaban J connectivity index is 2.10. The van der Waals surface area contributed by atoms with E-state index in [0.717, 1.165) is 11.0 Å². The summed E-state index contributed by atoms with van der Waals surface area (Å²) in [5.74, 6) is 1.93. The van der Waals surface area contributed by atoms with Crippen molar-refractivity contribution in [2.45, 2.75) is 12.3 Å². The summed E-state index contributed by atoms with van der Waals surface area (Å²) in [5, 5.41) is 0. The Morgan fingerprint density at radius 3 is 2.69 bits per heavy atom. The molecule has 2 rings (SSSR count). The van der Waals surface area contributed by atoms with Crippen LogP contribution in [0.2, 0.25) is 0 Å². The van der Waals surface area contributed by atoms with Crippen LogP contribution in [0.15, 0.2) is 28.7 Å². The van der Waals surface area contributed by atoms with E-state index in [2.05, 4.69) is 44.9 Å². The van der Waals surface area contributed by atoms with Gasteiger partial charge in [0.1, 0.15) is 0 Å². The maximum Gasteiger partial charge on any atom is 0.0175 e. The van der Waals surface area contributed by atoms with Gasteiger partial charge in [-0.1, -0.05) is 40.0 Å². The van der Waals surface area contributed by atoms with Crippen LogP contribution in [0.25, 0.3) is 0 Å². The second kappa shape index (κ2) is 4.49. The van der Waals surface area contributed by atoms with Crippen molar-refractivity contribution in [3.63, 3.8) is 0 Å². The van der Waals surface area contributed by atoms with Crippen LogP contribution in [0, 0.1) is 0 Å². The summed E-state index contributed by atoms with van der Waals surface area (Å²) in [7, 11) is 0. The summed E-state index contributed by atoms with van der Waals surface area (Å²) >= 11 is 5.29. The average molecular weight is 258 g/mol. The summed E-state index contributed by atoms with van der Waals surface area (Å²) < 4.78 is 4.51. The zero-order valence-electron chi connectivity index (χ0n) is 7.29.